The van der Waals surface area contributed by atoms with Crippen LogP contribution in [0.1, 0.15) is 26.3 Å². The maximum Gasteiger partial charge on any atom is 0.271 e. The number of nitro groups is 1. The van der Waals surface area contributed by atoms with Crippen molar-refractivity contribution in [3.05, 3.63) is 33.9 Å². The molecule has 1 aromatic carbocycles. The number of hydrogen-bond acceptors (Lipinski definition) is 4. The van der Waals surface area contributed by atoms with Gasteiger partial charge in [-0.3, -0.25) is 14.9 Å². The average molecular weight is 303 g/mol. The number of non-ortho nitro benzene ring substituents is 1. The van der Waals surface area contributed by atoms with E-state index in [2.05, 4.69) is 4.90 Å². The molecule has 0 radical (unpaired) electrons. The fraction of sp³-hybridized carbons (Fsp3) is 0.562. The van der Waals surface area contributed by atoms with E-state index in [1.807, 2.05) is 31.7 Å². The van der Waals surface area contributed by atoms with E-state index in [0.29, 0.717) is 6.54 Å². The highest BCUT2D eigenvalue weighted by atomic mass is 16.6. The van der Waals surface area contributed by atoms with Gasteiger partial charge < -0.3 is 9.80 Å². The molecule has 6 nitrogen and oxygen atoms in total. The standard InChI is InChI=1S/C16H21N3O3/c1-16(2,3)15(20)18-7-6-17-10-13(18)8-11-4-5-12(19(21)22)9-14(11)17/h4-5,9,13H,6-8,10H2,1-3H3. The first-order valence-corrected chi connectivity index (χ1v) is 7.61. The molecule has 2 bridgehead atoms. The molecule has 22 heavy (non-hydrogen) atoms. The summed E-state index contributed by atoms with van der Waals surface area (Å²) in [4.78, 5) is 27.3. The highest BCUT2D eigenvalue weighted by Crippen LogP contribution is 2.35. The second kappa shape index (κ2) is 4.97. The van der Waals surface area contributed by atoms with Crippen LogP contribution in [0.15, 0.2) is 18.2 Å². The first-order valence-electron chi connectivity index (χ1n) is 7.61. The number of carbonyl (C=O) groups is 1. The van der Waals surface area contributed by atoms with E-state index in [-0.39, 0.29) is 28.0 Å². The Bertz CT molecular complexity index is 636. The lowest BCUT2D eigenvalue weighted by molar-refractivity contribution is -0.384. The Hall–Kier alpha value is -2.11. The zero-order chi connectivity index (χ0) is 16.1. The topological polar surface area (TPSA) is 66.7 Å². The van der Waals surface area contributed by atoms with Gasteiger partial charge in [0.25, 0.3) is 5.69 Å². The van der Waals surface area contributed by atoms with Gasteiger partial charge in [-0.15, -0.1) is 0 Å². The summed E-state index contributed by atoms with van der Waals surface area (Å²) in [6.45, 7) is 8.01. The molecule has 1 amide bonds. The number of nitro benzene ring substituents is 1. The van der Waals surface area contributed by atoms with Gasteiger partial charge in [0, 0.05) is 42.9 Å². The van der Waals surface area contributed by atoms with E-state index >= 15 is 0 Å². The molecule has 0 spiro atoms. The zero-order valence-electron chi connectivity index (χ0n) is 13.2. The number of rotatable bonds is 1. The molecule has 0 aromatic heterocycles. The van der Waals surface area contributed by atoms with Gasteiger partial charge >= 0.3 is 0 Å². The quantitative estimate of drug-likeness (QED) is 0.589. The fourth-order valence-corrected chi connectivity index (χ4v) is 3.33. The van der Waals surface area contributed by atoms with Crippen LogP contribution in [0.3, 0.4) is 0 Å². The molecule has 1 fully saturated rings. The third kappa shape index (κ3) is 2.42. The number of hydrogen-bond donors (Lipinski definition) is 0. The Morgan fingerprint density at radius 1 is 1.32 bits per heavy atom. The minimum absolute atomic E-state index is 0.130. The second-order valence-corrected chi connectivity index (χ2v) is 7.12. The van der Waals surface area contributed by atoms with Crippen LogP contribution >= 0.6 is 0 Å². The van der Waals surface area contributed by atoms with Crippen LogP contribution in [-0.2, 0) is 11.2 Å². The number of amides is 1. The lowest BCUT2D eigenvalue weighted by Crippen LogP contribution is -2.60. The maximum absolute atomic E-state index is 12.6. The van der Waals surface area contributed by atoms with Crippen molar-refractivity contribution in [3.8, 4) is 0 Å². The average Bonchev–Trinajstić information content (AvgIpc) is 2.45. The Balaban J connectivity index is 1.89. The molecule has 1 aromatic rings. The lowest BCUT2D eigenvalue weighted by Gasteiger charge is -2.48. The molecule has 0 saturated carbocycles. The smallest absolute Gasteiger partial charge is 0.271 e. The highest BCUT2D eigenvalue weighted by molar-refractivity contribution is 5.82. The van der Waals surface area contributed by atoms with Crippen LogP contribution in [-0.4, -0.2) is 41.4 Å². The van der Waals surface area contributed by atoms with Crippen LogP contribution in [0.2, 0.25) is 0 Å². The van der Waals surface area contributed by atoms with Crippen molar-refractivity contribution in [1.29, 1.82) is 0 Å². The number of benzene rings is 1. The Kier molecular flexibility index (Phi) is 3.34. The minimum atomic E-state index is -0.377. The van der Waals surface area contributed by atoms with Crippen LogP contribution < -0.4 is 4.90 Å². The van der Waals surface area contributed by atoms with Gasteiger partial charge in [0.1, 0.15) is 0 Å². The van der Waals surface area contributed by atoms with E-state index in [1.54, 1.807) is 12.1 Å². The van der Waals surface area contributed by atoms with Crippen LogP contribution in [0.25, 0.3) is 0 Å². The van der Waals surface area contributed by atoms with Gasteiger partial charge in [-0.1, -0.05) is 26.8 Å². The van der Waals surface area contributed by atoms with E-state index < -0.39 is 0 Å². The molecule has 0 aliphatic carbocycles. The normalized spacial score (nSPS) is 20.6. The largest absolute Gasteiger partial charge is 0.367 e. The molecule has 118 valence electrons. The fourth-order valence-electron chi connectivity index (χ4n) is 3.33. The van der Waals surface area contributed by atoms with Crippen molar-refractivity contribution in [2.45, 2.75) is 33.2 Å². The molecule has 2 aliphatic rings. The van der Waals surface area contributed by atoms with Crippen LogP contribution in [0.4, 0.5) is 11.4 Å². The number of fused-ring (bicyclic) bond motifs is 4. The summed E-state index contributed by atoms with van der Waals surface area (Å²) < 4.78 is 0. The van der Waals surface area contributed by atoms with E-state index in [9.17, 15) is 14.9 Å². The summed E-state index contributed by atoms with van der Waals surface area (Å²) in [5, 5.41) is 10.9. The predicted octanol–water partition coefficient (Wildman–Crippen LogP) is 2.21. The molecule has 1 atom stereocenters. The molecular weight excluding hydrogens is 282 g/mol. The SMILES string of the molecule is CC(C)(C)C(=O)N1CCN2CC1Cc1ccc([N+](=O)[O-])cc12. The molecule has 2 heterocycles. The first kappa shape index (κ1) is 14.8. The highest BCUT2D eigenvalue weighted by Gasteiger charge is 2.39. The maximum atomic E-state index is 12.6. The molecule has 0 N–H and O–H groups in total. The van der Waals surface area contributed by atoms with Crippen LogP contribution in [0.5, 0.6) is 0 Å². The second-order valence-electron chi connectivity index (χ2n) is 7.12. The van der Waals surface area contributed by atoms with E-state index in [1.165, 1.54) is 0 Å². The molecule has 1 saturated heterocycles. The van der Waals surface area contributed by atoms with Gasteiger partial charge in [0.2, 0.25) is 5.91 Å². The van der Waals surface area contributed by atoms with Crippen LogP contribution in [0, 0.1) is 15.5 Å². The van der Waals surface area contributed by atoms with Gasteiger partial charge in [-0.25, -0.2) is 0 Å². The minimum Gasteiger partial charge on any atom is -0.367 e. The summed E-state index contributed by atoms with van der Waals surface area (Å²) in [7, 11) is 0. The van der Waals surface area contributed by atoms with Crippen molar-refractivity contribution in [2.24, 2.45) is 5.41 Å². The summed E-state index contributed by atoms with van der Waals surface area (Å²) in [6.07, 6.45) is 0.769. The van der Waals surface area contributed by atoms with Gasteiger partial charge in [-0.05, 0) is 12.0 Å². The monoisotopic (exact) mass is 303 g/mol. The van der Waals surface area contributed by atoms with Crippen molar-refractivity contribution < 1.29 is 9.72 Å². The van der Waals surface area contributed by atoms with E-state index in [0.717, 1.165) is 30.8 Å². The van der Waals surface area contributed by atoms with E-state index in [4.69, 9.17) is 0 Å². The zero-order valence-corrected chi connectivity index (χ0v) is 13.2. The Labute approximate surface area is 129 Å². The number of nitrogens with zero attached hydrogens (tertiary/aromatic N) is 3. The molecule has 6 heteroatoms. The number of piperazine rings is 1. The van der Waals surface area contributed by atoms with Gasteiger partial charge in [0.15, 0.2) is 0 Å². The Morgan fingerprint density at radius 2 is 2.05 bits per heavy atom. The lowest BCUT2D eigenvalue weighted by atomic mass is 9.89. The van der Waals surface area contributed by atoms with Crippen molar-refractivity contribution in [2.75, 3.05) is 24.5 Å². The molecule has 1 unspecified atom stereocenters. The third-order valence-electron chi connectivity index (χ3n) is 4.46. The van der Waals surface area contributed by atoms with Gasteiger partial charge in [0.05, 0.1) is 11.0 Å². The van der Waals surface area contributed by atoms with Crippen molar-refractivity contribution in [3.63, 3.8) is 0 Å². The summed E-state index contributed by atoms with van der Waals surface area (Å²) in [5.74, 6) is 0.183. The Morgan fingerprint density at radius 3 is 2.68 bits per heavy atom. The molecule has 2 aliphatic heterocycles. The van der Waals surface area contributed by atoms with Gasteiger partial charge in [-0.2, -0.15) is 0 Å². The molecular formula is C16H21N3O3. The summed E-state index contributed by atoms with van der Waals surface area (Å²) >= 11 is 0. The molecule has 3 rings (SSSR count). The predicted molar refractivity (Wildman–Crippen MR) is 84.0 cm³/mol. The number of carbonyl (C=O) groups excluding carboxylic acids is 1. The number of anilines is 1. The summed E-state index contributed by atoms with van der Waals surface area (Å²) in [6, 6.07) is 5.20. The summed E-state index contributed by atoms with van der Waals surface area (Å²) in [5.41, 5.74) is 1.80. The third-order valence-corrected chi connectivity index (χ3v) is 4.46. The first-order chi connectivity index (χ1) is 10.3. The van der Waals surface area contributed by atoms with Crippen molar-refractivity contribution >= 4 is 17.3 Å². The van der Waals surface area contributed by atoms with Crippen molar-refractivity contribution in [1.82, 2.24) is 4.90 Å².